The normalized spacial score (nSPS) is 32.0. The molecule has 6 nitrogen and oxygen atoms in total. The van der Waals surface area contributed by atoms with Crippen molar-refractivity contribution in [2.24, 2.45) is 5.92 Å². The number of carbonyl (C=O) groups excluding carboxylic acids is 1. The van der Waals surface area contributed by atoms with Crippen molar-refractivity contribution in [3.05, 3.63) is 17.5 Å². The summed E-state index contributed by atoms with van der Waals surface area (Å²) in [5, 5.41) is 7.12. The lowest BCUT2D eigenvalue weighted by Crippen LogP contribution is -2.42. The van der Waals surface area contributed by atoms with E-state index < -0.39 is 0 Å². The number of nitrogens with zero attached hydrogens (tertiary/aromatic N) is 2. The Morgan fingerprint density at radius 1 is 1.45 bits per heavy atom. The molecule has 1 amide bonds. The molecule has 3 heterocycles. The second kappa shape index (κ2) is 5.66. The number of likely N-dealkylation sites (tertiary alicyclic amines) is 1. The second-order valence-electron chi connectivity index (χ2n) is 6.89. The predicted molar refractivity (Wildman–Crippen MR) is 79.1 cm³/mol. The molecule has 4 rings (SSSR count). The Bertz CT molecular complexity index is 555. The first-order chi connectivity index (χ1) is 10.7. The van der Waals surface area contributed by atoms with E-state index >= 15 is 0 Å². The molecule has 3 aliphatic rings. The van der Waals surface area contributed by atoms with Crippen molar-refractivity contribution in [1.29, 1.82) is 0 Å². The standard InChI is InChI=1S/C16H23N3O3/c1-10-6-13(18-22-10)8-19-5-4-11-7-14(21-15(11)9-19)16(20)17-12-2-3-12/h6,11-12,14-15H,2-5,7-9H2,1H3,(H,17,20)/t11-,14+,15-/m0/s1. The summed E-state index contributed by atoms with van der Waals surface area (Å²) in [6.07, 6.45) is 4.14. The SMILES string of the molecule is Cc1cc(CN2CC[C@H]3C[C@H](C(=O)NC4CC4)O[C@H]3C2)no1. The van der Waals surface area contributed by atoms with Gasteiger partial charge in [-0.3, -0.25) is 9.69 Å². The Balaban J connectivity index is 1.32. The highest BCUT2D eigenvalue weighted by atomic mass is 16.5. The number of nitrogens with one attached hydrogen (secondary N) is 1. The number of amides is 1. The largest absolute Gasteiger partial charge is 0.364 e. The van der Waals surface area contributed by atoms with Gasteiger partial charge in [-0.25, -0.2) is 0 Å². The van der Waals surface area contributed by atoms with Crippen LogP contribution in [0.5, 0.6) is 0 Å². The molecule has 1 aliphatic carbocycles. The van der Waals surface area contributed by atoms with E-state index in [0.29, 0.717) is 12.0 Å². The third kappa shape index (κ3) is 3.03. The average Bonchev–Trinajstić information content (AvgIpc) is 3.05. The molecule has 120 valence electrons. The van der Waals surface area contributed by atoms with Crippen molar-refractivity contribution in [3.63, 3.8) is 0 Å². The molecule has 1 saturated carbocycles. The highest BCUT2D eigenvalue weighted by Crippen LogP contribution is 2.34. The quantitative estimate of drug-likeness (QED) is 0.906. The van der Waals surface area contributed by atoms with Gasteiger partial charge in [-0.2, -0.15) is 0 Å². The molecule has 3 fully saturated rings. The van der Waals surface area contributed by atoms with E-state index in [4.69, 9.17) is 9.26 Å². The first kappa shape index (κ1) is 14.2. The van der Waals surface area contributed by atoms with Gasteiger partial charge in [-0.1, -0.05) is 5.16 Å². The lowest BCUT2D eigenvalue weighted by molar-refractivity contribution is -0.133. The molecule has 0 aromatic carbocycles. The Morgan fingerprint density at radius 2 is 2.32 bits per heavy atom. The van der Waals surface area contributed by atoms with Crippen LogP contribution in [0.4, 0.5) is 0 Å². The molecule has 3 atom stereocenters. The van der Waals surface area contributed by atoms with E-state index in [-0.39, 0.29) is 18.1 Å². The summed E-state index contributed by atoms with van der Waals surface area (Å²) in [5.41, 5.74) is 0.969. The van der Waals surface area contributed by atoms with Gasteiger partial charge in [0, 0.05) is 25.2 Å². The molecule has 0 radical (unpaired) electrons. The number of ether oxygens (including phenoxy) is 1. The van der Waals surface area contributed by atoms with Crippen molar-refractivity contribution in [1.82, 2.24) is 15.4 Å². The van der Waals surface area contributed by atoms with Gasteiger partial charge in [0.05, 0.1) is 11.8 Å². The van der Waals surface area contributed by atoms with E-state index in [2.05, 4.69) is 15.4 Å². The van der Waals surface area contributed by atoms with Crippen LogP contribution in [0.15, 0.2) is 10.6 Å². The van der Waals surface area contributed by atoms with Crippen LogP contribution in [0.3, 0.4) is 0 Å². The van der Waals surface area contributed by atoms with Gasteiger partial charge in [0.1, 0.15) is 11.9 Å². The summed E-state index contributed by atoms with van der Waals surface area (Å²) < 4.78 is 11.2. The molecule has 1 N–H and O–H groups in total. The first-order valence-electron chi connectivity index (χ1n) is 8.28. The van der Waals surface area contributed by atoms with Gasteiger partial charge in [0.25, 0.3) is 0 Å². The Kier molecular flexibility index (Phi) is 3.66. The minimum absolute atomic E-state index is 0.0931. The summed E-state index contributed by atoms with van der Waals surface area (Å²) in [4.78, 5) is 14.5. The molecule has 22 heavy (non-hydrogen) atoms. The third-order valence-electron chi connectivity index (χ3n) is 4.91. The van der Waals surface area contributed by atoms with Crippen molar-refractivity contribution < 1.29 is 14.1 Å². The second-order valence-corrected chi connectivity index (χ2v) is 6.89. The van der Waals surface area contributed by atoms with Crippen molar-refractivity contribution in [3.8, 4) is 0 Å². The van der Waals surface area contributed by atoms with Gasteiger partial charge in [0.2, 0.25) is 5.91 Å². The molecule has 0 bridgehead atoms. The molecule has 1 aromatic heterocycles. The zero-order chi connectivity index (χ0) is 15.1. The van der Waals surface area contributed by atoms with E-state index in [1.165, 1.54) is 0 Å². The minimum Gasteiger partial charge on any atom is -0.364 e. The van der Waals surface area contributed by atoms with Crippen LogP contribution in [0.1, 0.15) is 37.1 Å². The highest BCUT2D eigenvalue weighted by Gasteiger charge is 2.42. The summed E-state index contributed by atoms with van der Waals surface area (Å²) in [7, 11) is 0. The molecular formula is C16H23N3O3. The summed E-state index contributed by atoms with van der Waals surface area (Å²) in [6, 6.07) is 2.39. The van der Waals surface area contributed by atoms with Crippen LogP contribution in [0, 0.1) is 12.8 Å². The predicted octanol–water partition coefficient (Wildman–Crippen LogP) is 1.24. The van der Waals surface area contributed by atoms with Gasteiger partial charge >= 0.3 is 0 Å². The zero-order valence-corrected chi connectivity index (χ0v) is 13.0. The fourth-order valence-electron chi connectivity index (χ4n) is 3.55. The fraction of sp³-hybridized carbons (Fsp3) is 0.750. The number of hydrogen-bond acceptors (Lipinski definition) is 5. The van der Waals surface area contributed by atoms with Gasteiger partial charge < -0.3 is 14.6 Å². The molecule has 0 unspecified atom stereocenters. The monoisotopic (exact) mass is 305 g/mol. The van der Waals surface area contributed by atoms with E-state index in [0.717, 1.165) is 56.8 Å². The maximum Gasteiger partial charge on any atom is 0.249 e. The topological polar surface area (TPSA) is 67.6 Å². The average molecular weight is 305 g/mol. The Labute approximate surface area is 130 Å². The number of hydrogen-bond donors (Lipinski definition) is 1. The van der Waals surface area contributed by atoms with E-state index in [1.54, 1.807) is 0 Å². The smallest absolute Gasteiger partial charge is 0.249 e. The molecule has 2 saturated heterocycles. The zero-order valence-electron chi connectivity index (χ0n) is 13.0. The van der Waals surface area contributed by atoms with Crippen molar-refractivity contribution in [2.75, 3.05) is 13.1 Å². The van der Waals surface area contributed by atoms with E-state index in [1.807, 2.05) is 13.0 Å². The summed E-state index contributed by atoms with van der Waals surface area (Å²) in [6.45, 7) is 4.62. The Morgan fingerprint density at radius 3 is 3.05 bits per heavy atom. The van der Waals surface area contributed by atoms with Crippen LogP contribution < -0.4 is 5.32 Å². The molecule has 2 aliphatic heterocycles. The van der Waals surface area contributed by atoms with Gasteiger partial charge in [-0.15, -0.1) is 0 Å². The lowest BCUT2D eigenvalue weighted by Gasteiger charge is -2.33. The van der Waals surface area contributed by atoms with Gasteiger partial charge in [0.15, 0.2) is 0 Å². The van der Waals surface area contributed by atoms with Crippen LogP contribution >= 0.6 is 0 Å². The van der Waals surface area contributed by atoms with E-state index in [9.17, 15) is 4.79 Å². The van der Waals surface area contributed by atoms with Crippen LogP contribution in [0.2, 0.25) is 0 Å². The van der Waals surface area contributed by atoms with Crippen LogP contribution in [-0.4, -0.2) is 47.3 Å². The summed E-state index contributed by atoms with van der Waals surface area (Å²) in [5.74, 6) is 1.46. The number of rotatable bonds is 4. The summed E-state index contributed by atoms with van der Waals surface area (Å²) >= 11 is 0. The lowest BCUT2D eigenvalue weighted by atomic mass is 9.91. The fourth-order valence-corrected chi connectivity index (χ4v) is 3.55. The number of piperidine rings is 1. The maximum atomic E-state index is 12.1. The highest BCUT2D eigenvalue weighted by molar-refractivity contribution is 5.81. The minimum atomic E-state index is -0.246. The number of fused-ring (bicyclic) bond motifs is 1. The molecule has 6 heteroatoms. The van der Waals surface area contributed by atoms with Gasteiger partial charge in [-0.05, 0) is 45.1 Å². The Hall–Kier alpha value is -1.40. The maximum absolute atomic E-state index is 12.1. The number of aromatic nitrogens is 1. The van der Waals surface area contributed by atoms with Crippen LogP contribution in [-0.2, 0) is 16.1 Å². The first-order valence-corrected chi connectivity index (χ1v) is 8.28. The molecule has 1 aromatic rings. The van der Waals surface area contributed by atoms with Crippen molar-refractivity contribution >= 4 is 5.91 Å². The third-order valence-corrected chi connectivity index (χ3v) is 4.91. The molecular weight excluding hydrogens is 282 g/mol. The van der Waals surface area contributed by atoms with Crippen LogP contribution in [0.25, 0.3) is 0 Å². The van der Waals surface area contributed by atoms with Crippen molar-refractivity contribution in [2.45, 2.75) is 57.4 Å². The molecule has 0 spiro atoms. The number of carbonyl (C=O) groups is 1. The number of aryl methyl sites for hydroxylation is 1.